The Bertz CT molecular complexity index is 285. The van der Waals surface area contributed by atoms with Gasteiger partial charge >= 0.3 is 0 Å². The van der Waals surface area contributed by atoms with Crippen molar-refractivity contribution in [2.24, 2.45) is 30.9 Å². The summed E-state index contributed by atoms with van der Waals surface area (Å²) < 4.78 is 0. The third kappa shape index (κ3) is 7.86. The predicted molar refractivity (Wildman–Crippen MR) is 40.3 cm³/mol. The lowest BCUT2D eigenvalue weighted by Crippen LogP contribution is -2.00. The fourth-order valence-electron chi connectivity index (χ4n) is 0.373. The van der Waals surface area contributed by atoms with Gasteiger partial charge in [-0.3, -0.25) is 0 Å². The highest BCUT2D eigenvalue weighted by molar-refractivity contribution is 5.32. The standard InChI is InChI=1S/C5H6N6O2/c1-5(9-11-8-4-13)2-6-10-7-3-12/h5H,2H2,1H3. The zero-order valence-corrected chi connectivity index (χ0v) is 6.78. The average molecular weight is 182 g/mol. The van der Waals surface area contributed by atoms with Crippen molar-refractivity contribution in [3.05, 3.63) is 0 Å². The molecular weight excluding hydrogens is 176 g/mol. The predicted octanol–water partition coefficient (Wildman–Crippen LogP) is 0.781. The van der Waals surface area contributed by atoms with Gasteiger partial charge in [0.05, 0.1) is 12.6 Å². The van der Waals surface area contributed by atoms with Crippen LogP contribution in [-0.2, 0) is 9.59 Å². The molecule has 0 N–H and O–H groups in total. The van der Waals surface area contributed by atoms with E-state index in [2.05, 4.69) is 30.9 Å². The van der Waals surface area contributed by atoms with Crippen molar-refractivity contribution in [3.8, 4) is 0 Å². The average Bonchev–Trinajstić information content (AvgIpc) is 2.13. The van der Waals surface area contributed by atoms with Crippen molar-refractivity contribution in [1.82, 2.24) is 0 Å². The van der Waals surface area contributed by atoms with Crippen LogP contribution < -0.4 is 0 Å². The summed E-state index contributed by atoms with van der Waals surface area (Å²) in [5.74, 6) is 0. The molecule has 1 unspecified atom stereocenters. The minimum Gasteiger partial charge on any atom is -0.209 e. The molecule has 0 saturated carbocycles. The van der Waals surface area contributed by atoms with Gasteiger partial charge in [0, 0.05) is 0 Å². The summed E-state index contributed by atoms with van der Waals surface area (Å²) >= 11 is 0. The normalized spacial score (nSPS) is 12.4. The Morgan fingerprint density at radius 3 is 2.38 bits per heavy atom. The third-order valence-electron chi connectivity index (χ3n) is 0.829. The highest BCUT2D eigenvalue weighted by Gasteiger charge is 1.95. The summed E-state index contributed by atoms with van der Waals surface area (Å²) in [6.07, 6.45) is 2.37. The number of nitrogens with zero attached hydrogens (tertiary/aromatic N) is 6. The molecule has 0 fully saturated rings. The molecular formula is C5H6N6O2. The van der Waals surface area contributed by atoms with Gasteiger partial charge in [0.25, 0.3) is 12.2 Å². The van der Waals surface area contributed by atoms with Crippen LogP contribution in [0.4, 0.5) is 0 Å². The van der Waals surface area contributed by atoms with E-state index >= 15 is 0 Å². The molecule has 0 aromatic heterocycles. The van der Waals surface area contributed by atoms with Crippen LogP contribution in [-0.4, -0.2) is 24.7 Å². The Kier molecular flexibility index (Phi) is 6.80. The maximum Gasteiger partial charge on any atom is 0.261 e. The smallest absolute Gasteiger partial charge is 0.209 e. The van der Waals surface area contributed by atoms with Crippen LogP contribution in [0.1, 0.15) is 6.92 Å². The first-order valence-electron chi connectivity index (χ1n) is 3.22. The van der Waals surface area contributed by atoms with E-state index in [1.165, 1.54) is 12.2 Å². The molecule has 8 nitrogen and oxygen atoms in total. The third-order valence-corrected chi connectivity index (χ3v) is 0.829. The van der Waals surface area contributed by atoms with E-state index in [0.717, 1.165) is 0 Å². The summed E-state index contributed by atoms with van der Waals surface area (Å²) in [6.45, 7) is 1.87. The Hall–Kier alpha value is -2.04. The van der Waals surface area contributed by atoms with E-state index in [1.807, 2.05) is 0 Å². The summed E-state index contributed by atoms with van der Waals surface area (Å²) in [6, 6.07) is -0.289. The molecule has 13 heavy (non-hydrogen) atoms. The van der Waals surface area contributed by atoms with Gasteiger partial charge in [-0.15, -0.1) is 0 Å². The fraction of sp³-hybridized carbons (Fsp3) is 0.600. The van der Waals surface area contributed by atoms with Gasteiger partial charge < -0.3 is 0 Å². The van der Waals surface area contributed by atoms with E-state index in [9.17, 15) is 9.59 Å². The van der Waals surface area contributed by atoms with E-state index in [4.69, 9.17) is 0 Å². The number of isocyanates is 2. The lowest BCUT2D eigenvalue weighted by atomic mass is 10.4. The molecule has 0 aromatic rings. The van der Waals surface area contributed by atoms with Crippen LogP contribution >= 0.6 is 0 Å². The molecule has 0 bridgehead atoms. The summed E-state index contributed by atoms with van der Waals surface area (Å²) in [4.78, 5) is 19.1. The zero-order chi connectivity index (χ0) is 9.94. The molecule has 0 heterocycles. The summed E-state index contributed by atoms with van der Waals surface area (Å²) in [5, 5.41) is 18.8. The Morgan fingerprint density at radius 2 is 1.77 bits per heavy atom. The van der Waals surface area contributed by atoms with Crippen molar-refractivity contribution in [2.75, 3.05) is 6.54 Å². The molecule has 0 radical (unpaired) electrons. The van der Waals surface area contributed by atoms with Crippen LogP contribution in [0.25, 0.3) is 0 Å². The van der Waals surface area contributed by atoms with Gasteiger partial charge in [-0.2, -0.15) is 10.2 Å². The van der Waals surface area contributed by atoms with Gasteiger partial charge in [-0.1, -0.05) is 0 Å². The quantitative estimate of drug-likeness (QED) is 0.271. The molecule has 0 aromatic carbocycles. The first-order chi connectivity index (χ1) is 6.31. The molecule has 1 atom stereocenters. The van der Waals surface area contributed by atoms with Gasteiger partial charge in [-0.25, -0.2) is 9.59 Å². The SMILES string of the molecule is CC(CN=NN=C=O)N=NN=C=O. The molecule has 0 aliphatic rings. The van der Waals surface area contributed by atoms with E-state index in [1.54, 1.807) is 6.92 Å². The Balaban J connectivity index is 3.80. The van der Waals surface area contributed by atoms with Gasteiger partial charge in [0.2, 0.25) is 0 Å². The molecule has 0 amide bonds. The van der Waals surface area contributed by atoms with Crippen LogP contribution in [0.5, 0.6) is 0 Å². The van der Waals surface area contributed by atoms with Crippen LogP contribution in [0.2, 0.25) is 0 Å². The number of rotatable bonds is 5. The first-order valence-corrected chi connectivity index (χ1v) is 3.22. The van der Waals surface area contributed by atoms with Gasteiger partial charge in [0.1, 0.15) is 0 Å². The molecule has 8 heteroatoms. The molecule has 0 saturated heterocycles. The summed E-state index contributed by atoms with van der Waals surface area (Å²) in [5.41, 5.74) is 0. The van der Waals surface area contributed by atoms with Crippen LogP contribution in [0.3, 0.4) is 0 Å². The van der Waals surface area contributed by atoms with Crippen molar-refractivity contribution in [3.63, 3.8) is 0 Å². The number of hydrogen-bond donors (Lipinski definition) is 0. The first kappa shape index (κ1) is 11.0. The fourth-order valence-corrected chi connectivity index (χ4v) is 0.373. The minimum atomic E-state index is -0.289. The van der Waals surface area contributed by atoms with Crippen molar-refractivity contribution in [2.45, 2.75) is 13.0 Å². The number of carbonyl (C=O) groups excluding carboxylic acids is 2. The van der Waals surface area contributed by atoms with Crippen LogP contribution in [0.15, 0.2) is 30.9 Å². The highest BCUT2D eigenvalue weighted by Crippen LogP contribution is 1.92. The maximum absolute atomic E-state index is 9.54. The lowest BCUT2D eigenvalue weighted by Gasteiger charge is -1.93. The van der Waals surface area contributed by atoms with Crippen molar-refractivity contribution in [1.29, 1.82) is 0 Å². The largest absolute Gasteiger partial charge is 0.261 e. The van der Waals surface area contributed by atoms with E-state index in [0.29, 0.717) is 0 Å². The monoisotopic (exact) mass is 182 g/mol. The zero-order valence-electron chi connectivity index (χ0n) is 6.78. The number of hydrogen-bond acceptors (Lipinski definition) is 6. The van der Waals surface area contributed by atoms with Gasteiger partial charge in [0.15, 0.2) is 0 Å². The molecule has 0 rings (SSSR count). The lowest BCUT2D eigenvalue weighted by molar-refractivity contribution is 0.560. The maximum atomic E-state index is 9.54. The Morgan fingerprint density at radius 1 is 1.15 bits per heavy atom. The van der Waals surface area contributed by atoms with Gasteiger partial charge in [-0.05, 0) is 27.6 Å². The second-order valence-corrected chi connectivity index (χ2v) is 1.85. The molecule has 0 aliphatic heterocycles. The van der Waals surface area contributed by atoms with E-state index < -0.39 is 0 Å². The van der Waals surface area contributed by atoms with Crippen LogP contribution in [0, 0.1) is 0 Å². The second-order valence-electron chi connectivity index (χ2n) is 1.85. The molecule has 0 aliphatic carbocycles. The minimum absolute atomic E-state index is 0.197. The van der Waals surface area contributed by atoms with Crippen molar-refractivity contribution >= 4 is 12.2 Å². The van der Waals surface area contributed by atoms with Crippen molar-refractivity contribution < 1.29 is 9.59 Å². The topological polar surface area (TPSA) is 108 Å². The summed E-state index contributed by atoms with van der Waals surface area (Å²) in [7, 11) is 0. The Labute approximate surface area is 73.1 Å². The molecule has 0 spiro atoms. The van der Waals surface area contributed by atoms with E-state index in [-0.39, 0.29) is 12.6 Å². The highest BCUT2D eigenvalue weighted by atomic mass is 16.1. The molecule has 68 valence electrons. The second kappa shape index (κ2) is 8.06.